The van der Waals surface area contributed by atoms with Gasteiger partial charge in [0.1, 0.15) is 41.8 Å². The summed E-state index contributed by atoms with van der Waals surface area (Å²) in [6, 6.07) is -4.45. The number of benzene rings is 1. The average Bonchev–Trinajstić information content (AvgIpc) is 1.66. The summed E-state index contributed by atoms with van der Waals surface area (Å²) >= 11 is 6.13. The van der Waals surface area contributed by atoms with Crippen molar-refractivity contribution in [2.75, 3.05) is 68.5 Å². The zero-order chi connectivity index (χ0) is 68.8. The van der Waals surface area contributed by atoms with Gasteiger partial charge in [0.2, 0.25) is 65.0 Å². The molecule has 6 rings (SSSR count). The van der Waals surface area contributed by atoms with Gasteiger partial charge in [-0.05, 0) is 106 Å². The molecule has 26 heteroatoms. The molecule has 5 aliphatic rings. The van der Waals surface area contributed by atoms with Crippen molar-refractivity contribution in [3.63, 3.8) is 0 Å². The van der Waals surface area contributed by atoms with Crippen LogP contribution in [0.25, 0.3) is 0 Å². The molecule has 5 fully saturated rings. The second-order valence-electron chi connectivity index (χ2n) is 27.8. The fourth-order valence-electron chi connectivity index (χ4n) is 14.1. The van der Waals surface area contributed by atoms with Crippen molar-refractivity contribution in [1.82, 2.24) is 55.6 Å². The number of rotatable bonds is 11. The predicted octanol–water partition coefficient (Wildman–Crippen LogP) is 6.09. The number of hydrogen-bond acceptors (Lipinski definition) is 11. The van der Waals surface area contributed by atoms with Crippen molar-refractivity contribution in [2.45, 2.75) is 230 Å². The topological polar surface area (TPSA) is 259 Å². The third-order valence-corrected chi connectivity index (χ3v) is 20.4. The van der Waals surface area contributed by atoms with Crippen molar-refractivity contribution < 1.29 is 65.9 Å². The molecule has 1 aromatic carbocycles. The number of hydrogen-bond donors (Lipinski definition) is 4. The van der Waals surface area contributed by atoms with Gasteiger partial charge in [0.05, 0.1) is 30.2 Å². The molecule has 0 bridgehead atoms. The second-order valence-corrected chi connectivity index (χ2v) is 28.2. The van der Waals surface area contributed by atoms with E-state index in [1.165, 1.54) is 72.9 Å². The van der Waals surface area contributed by atoms with E-state index in [1.807, 2.05) is 20.8 Å². The van der Waals surface area contributed by atoms with Crippen LogP contribution in [0, 0.1) is 23.7 Å². The van der Waals surface area contributed by atoms with Crippen molar-refractivity contribution in [3.05, 3.63) is 34.3 Å². The van der Waals surface area contributed by atoms with E-state index < -0.39 is 155 Å². The van der Waals surface area contributed by atoms with Crippen LogP contribution < -0.4 is 21.3 Å². The normalized spacial score (nSPS) is 26.9. The molecule has 1 spiro atoms. The van der Waals surface area contributed by atoms with Crippen molar-refractivity contribution in [2.24, 2.45) is 23.7 Å². The van der Waals surface area contributed by atoms with Gasteiger partial charge in [-0.3, -0.25) is 52.7 Å². The van der Waals surface area contributed by atoms with Crippen LogP contribution in [-0.2, 0) is 65.3 Å². The summed E-state index contributed by atoms with van der Waals surface area (Å²) in [6.45, 7) is 7.54. The average molecular weight is 1330 g/mol. The summed E-state index contributed by atoms with van der Waals surface area (Å²) in [5.74, 6) is -7.02. The smallest absolute Gasteiger partial charge is 0.351 e. The second kappa shape index (κ2) is 33.7. The van der Waals surface area contributed by atoms with Gasteiger partial charge in [0.15, 0.2) is 0 Å². The molecule has 22 nitrogen and oxygen atoms in total. The molecular weight excluding hydrogens is 1230 g/mol. The maximum absolute atomic E-state index is 15.3. The Morgan fingerprint density at radius 3 is 1.77 bits per heavy atom. The lowest BCUT2D eigenvalue weighted by atomic mass is 9.84. The van der Waals surface area contributed by atoms with Gasteiger partial charge >= 0.3 is 6.18 Å². The Hall–Kier alpha value is -6.53. The number of fused-ring (bicyclic) bond motifs is 1. The number of alkyl halides is 3. The van der Waals surface area contributed by atoms with E-state index in [-0.39, 0.29) is 75.7 Å². The fraction of sp³-hybridized carbons (Fsp3) is 0.746. The summed E-state index contributed by atoms with van der Waals surface area (Å²) in [7, 11) is 8.66. The lowest BCUT2D eigenvalue weighted by molar-refractivity contribution is -0.149. The summed E-state index contributed by atoms with van der Waals surface area (Å²) < 4.78 is 41.4. The van der Waals surface area contributed by atoms with Gasteiger partial charge in [-0.25, -0.2) is 0 Å². The van der Waals surface area contributed by atoms with Gasteiger partial charge in [-0.1, -0.05) is 122 Å². The highest BCUT2D eigenvalue weighted by atomic mass is 35.5. The van der Waals surface area contributed by atoms with Crippen LogP contribution in [0.1, 0.15) is 181 Å². The molecule has 2 heterocycles. The molecule has 3 saturated carbocycles. The van der Waals surface area contributed by atoms with Crippen LogP contribution in [-0.4, -0.2) is 216 Å². The molecule has 0 unspecified atom stereocenters. The molecule has 4 N–H and O–H groups in total. The van der Waals surface area contributed by atoms with Crippen molar-refractivity contribution in [3.8, 4) is 0 Å². The Balaban J connectivity index is 1.37. The molecule has 1 aromatic rings. The summed E-state index contributed by atoms with van der Waals surface area (Å²) in [5, 5.41) is 11.1. The van der Waals surface area contributed by atoms with Gasteiger partial charge in [-0.15, -0.1) is 0 Å². The summed E-state index contributed by atoms with van der Waals surface area (Å²) in [4.78, 5) is 169. The van der Waals surface area contributed by atoms with E-state index >= 15 is 9.59 Å². The molecule has 93 heavy (non-hydrogen) atoms. The van der Waals surface area contributed by atoms with Crippen LogP contribution in [0.2, 0.25) is 5.02 Å². The molecule has 520 valence electrons. The monoisotopic (exact) mass is 1330 g/mol. The number of carbonyl (C=O) groups is 11. The Bertz CT molecular complexity index is 2850. The number of likely N-dealkylation sites (N-methyl/N-ethyl adjacent to an activating group) is 6. The highest BCUT2D eigenvalue weighted by molar-refractivity contribution is 6.31. The minimum Gasteiger partial charge on any atom is -0.351 e. The van der Waals surface area contributed by atoms with E-state index in [9.17, 15) is 56.3 Å². The van der Waals surface area contributed by atoms with Crippen LogP contribution in [0.3, 0.4) is 0 Å². The summed E-state index contributed by atoms with van der Waals surface area (Å²) in [6.07, 6.45) is 6.07. The highest BCUT2D eigenvalue weighted by Crippen LogP contribution is 2.38. The third kappa shape index (κ3) is 20.0. The number of nitrogens with zero attached hydrogens (tertiary/aromatic N) is 7. The first-order valence-corrected chi connectivity index (χ1v) is 34.1. The molecule has 3 aliphatic carbocycles. The lowest BCUT2D eigenvalue weighted by Gasteiger charge is -2.39. The Labute approximate surface area is 552 Å². The quantitative estimate of drug-likeness (QED) is 0.197. The Morgan fingerprint density at radius 2 is 1.18 bits per heavy atom. The lowest BCUT2D eigenvalue weighted by Crippen LogP contribution is -2.64. The van der Waals surface area contributed by atoms with E-state index in [0.717, 1.165) is 79.7 Å². The van der Waals surface area contributed by atoms with Crippen LogP contribution >= 0.6 is 11.6 Å². The van der Waals surface area contributed by atoms with Gasteiger partial charge in [0, 0.05) is 61.3 Å². The first kappa shape index (κ1) is 75.5. The maximum Gasteiger partial charge on any atom is 0.417 e. The SMILES string of the molecule is CC[C@H](C)[C@@H]1NC(=O)[C@H](CC(C)C)N(C)C(=O)C[C@@H](C)NC(=O)[C@H](CC2CCCC2)N(C)C(=O)C2(CCCC2)NC(=O)[C@@H]2CCCN2C(=O)[C@H](CCc2ccc(C(F)(F)F)c(Cl)c2)NC(=O)CN(C)C(=O)[C@H](CC2CCCCC2)N(C)C(=O)CN(C)C(=O)CN(C)C1=O. The first-order chi connectivity index (χ1) is 43.8. The number of halogens is 4. The Kier molecular flexibility index (Phi) is 27.4. The van der Waals surface area contributed by atoms with Gasteiger partial charge < -0.3 is 55.6 Å². The molecule has 2 aliphatic heterocycles. The number of amides is 11. The van der Waals surface area contributed by atoms with Crippen molar-refractivity contribution >= 4 is 76.6 Å². The highest BCUT2D eigenvalue weighted by Gasteiger charge is 2.50. The number of nitrogens with one attached hydrogen (secondary N) is 4. The minimum absolute atomic E-state index is 0.0353. The molecular formula is C67H103ClF3N11O11. The molecule has 0 aromatic heterocycles. The number of aryl methyl sites for hydroxylation is 1. The maximum atomic E-state index is 15.3. The zero-order valence-corrected chi connectivity index (χ0v) is 57.4. The van der Waals surface area contributed by atoms with E-state index in [1.54, 1.807) is 13.8 Å². The Morgan fingerprint density at radius 1 is 0.613 bits per heavy atom. The molecule has 2 saturated heterocycles. The van der Waals surface area contributed by atoms with Crippen molar-refractivity contribution in [1.29, 1.82) is 0 Å². The van der Waals surface area contributed by atoms with Crippen LogP contribution in [0.5, 0.6) is 0 Å². The van der Waals surface area contributed by atoms with Crippen LogP contribution in [0.15, 0.2) is 18.2 Å². The largest absolute Gasteiger partial charge is 0.417 e. The minimum atomic E-state index is -4.74. The molecule has 0 radical (unpaired) electrons. The van der Waals surface area contributed by atoms with Gasteiger partial charge in [0.25, 0.3) is 0 Å². The number of carbonyl (C=O) groups excluding carboxylic acids is 11. The van der Waals surface area contributed by atoms with Crippen LogP contribution in [0.4, 0.5) is 13.2 Å². The van der Waals surface area contributed by atoms with Gasteiger partial charge in [-0.2, -0.15) is 13.2 Å². The van der Waals surface area contributed by atoms with E-state index in [2.05, 4.69) is 21.3 Å². The molecule has 8 atom stereocenters. The first-order valence-electron chi connectivity index (χ1n) is 33.7. The third-order valence-electron chi connectivity index (χ3n) is 20.1. The zero-order valence-electron chi connectivity index (χ0n) is 56.6. The summed E-state index contributed by atoms with van der Waals surface area (Å²) in [5.41, 5.74) is -2.22. The van der Waals surface area contributed by atoms with E-state index in [0.29, 0.717) is 37.7 Å². The molecule has 11 amide bonds. The van der Waals surface area contributed by atoms with E-state index in [4.69, 9.17) is 11.6 Å². The predicted molar refractivity (Wildman–Crippen MR) is 344 cm³/mol. The fourth-order valence-corrected chi connectivity index (χ4v) is 14.5. The standard InChI is InChI=1S/C67H103ClF3N11O11/c1-12-42(4)58-64(92)78(8)39-56(85)76(6)40-57(86)80(10)53(37-45-21-14-13-15-22-45)63(91)77(7)38-54(83)73-49(29-27-46-26-28-47(48(68)35-46)67(69,70)71)62(90)82-32-20-25-50(82)61(89)75-66(30-18-19-31-66)65(93)81(11)52(36-44-23-16-17-24-44)59(87)72-43(5)34-55(84)79(9)51(33-41(2)3)60(88)74-58/h26,28,35,41-45,49-53,58H,12-25,27,29-34,36-40H2,1-11H3,(H,72,87)(H,73,83)(H,74,88)(H,75,89)/t42-,43+,49-,50-,51-,52-,53-,58-/m0/s1.